The van der Waals surface area contributed by atoms with Crippen LogP contribution in [0, 0.1) is 5.92 Å². The molecule has 0 amide bonds. The van der Waals surface area contributed by atoms with Gasteiger partial charge < -0.3 is 9.67 Å². The fourth-order valence-corrected chi connectivity index (χ4v) is 3.76. The van der Waals surface area contributed by atoms with Crippen molar-refractivity contribution in [3.8, 4) is 0 Å². The van der Waals surface area contributed by atoms with Gasteiger partial charge in [0.1, 0.15) is 5.15 Å². The number of aliphatic hydroxyl groups is 1. The summed E-state index contributed by atoms with van der Waals surface area (Å²) in [5.74, 6) is 0.265. The van der Waals surface area contributed by atoms with Gasteiger partial charge in [0, 0.05) is 13.6 Å². The highest BCUT2D eigenvalue weighted by molar-refractivity contribution is 7.89. The molecule has 2 rings (SSSR count). The predicted octanol–water partition coefficient (Wildman–Crippen LogP) is 0.903. The SMILES string of the molecule is Cn1cnc(S(=O)(=O)NCC2CCC(O)CC2)c1Cl. The molecule has 19 heavy (non-hydrogen) atoms. The molecule has 1 aromatic rings. The van der Waals surface area contributed by atoms with Crippen LogP contribution in [-0.4, -0.2) is 35.7 Å². The zero-order valence-corrected chi connectivity index (χ0v) is 12.3. The van der Waals surface area contributed by atoms with Gasteiger partial charge in [-0.3, -0.25) is 0 Å². The van der Waals surface area contributed by atoms with E-state index in [2.05, 4.69) is 9.71 Å². The van der Waals surface area contributed by atoms with Crippen LogP contribution in [-0.2, 0) is 17.1 Å². The number of rotatable bonds is 4. The first-order valence-electron chi connectivity index (χ1n) is 6.24. The number of aryl methyl sites for hydroxylation is 1. The van der Waals surface area contributed by atoms with E-state index in [-0.39, 0.29) is 22.2 Å². The lowest BCUT2D eigenvalue weighted by Gasteiger charge is -2.25. The lowest BCUT2D eigenvalue weighted by Crippen LogP contribution is -2.32. The van der Waals surface area contributed by atoms with Crippen molar-refractivity contribution >= 4 is 21.6 Å². The molecular formula is C11H18ClN3O3S. The number of aromatic nitrogens is 2. The van der Waals surface area contributed by atoms with E-state index in [1.54, 1.807) is 7.05 Å². The molecule has 1 saturated carbocycles. The van der Waals surface area contributed by atoms with Crippen molar-refractivity contribution in [2.75, 3.05) is 6.54 Å². The lowest BCUT2D eigenvalue weighted by molar-refractivity contribution is 0.109. The molecule has 0 aromatic carbocycles. The fourth-order valence-electron chi connectivity index (χ4n) is 2.22. The minimum Gasteiger partial charge on any atom is -0.393 e. The Hall–Kier alpha value is -0.630. The number of halogens is 1. The van der Waals surface area contributed by atoms with Gasteiger partial charge >= 0.3 is 0 Å². The number of nitrogens with zero attached hydrogens (tertiary/aromatic N) is 2. The molecule has 0 bridgehead atoms. The number of aliphatic hydroxyl groups excluding tert-OH is 1. The summed E-state index contributed by atoms with van der Waals surface area (Å²) < 4.78 is 28.1. The molecule has 0 unspecified atom stereocenters. The quantitative estimate of drug-likeness (QED) is 0.865. The number of imidazole rings is 1. The number of hydrogen-bond donors (Lipinski definition) is 2. The van der Waals surface area contributed by atoms with Crippen molar-refractivity contribution in [1.29, 1.82) is 0 Å². The standard InChI is InChI=1S/C11H18ClN3O3S/c1-15-7-13-11(10(15)12)19(17,18)14-6-8-2-4-9(16)5-3-8/h7-9,14,16H,2-6H2,1H3. The first-order chi connectivity index (χ1) is 8.90. The molecule has 1 heterocycles. The van der Waals surface area contributed by atoms with Crippen LogP contribution < -0.4 is 4.72 Å². The molecular weight excluding hydrogens is 290 g/mol. The van der Waals surface area contributed by atoms with Crippen molar-refractivity contribution in [3.05, 3.63) is 11.5 Å². The minimum absolute atomic E-state index is 0.103. The van der Waals surface area contributed by atoms with Crippen molar-refractivity contribution < 1.29 is 13.5 Å². The van der Waals surface area contributed by atoms with Gasteiger partial charge in [0.25, 0.3) is 10.0 Å². The summed E-state index contributed by atoms with van der Waals surface area (Å²) in [5, 5.41) is 9.37. The van der Waals surface area contributed by atoms with E-state index in [0.29, 0.717) is 6.54 Å². The summed E-state index contributed by atoms with van der Waals surface area (Å²) >= 11 is 5.88. The molecule has 1 aromatic heterocycles. The molecule has 0 saturated heterocycles. The van der Waals surface area contributed by atoms with Crippen LogP contribution in [0.4, 0.5) is 0 Å². The summed E-state index contributed by atoms with van der Waals surface area (Å²) in [6, 6.07) is 0. The van der Waals surface area contributed by atoms with Crippen LogP contribution in [0.25, 0.3) is 0 Å². The largest absolute Gasteiger partial charge is 0.393 e. The Morgan fingerprint density at radius 2 is 2.11 bits per heavy atom. The molecule has 0 aliphatic heterocycles. The Bertz CT molecular complexity index is 535. The number of nitrogens with one attached hydrogen (secondary N) is 1. The summed E-state index contributed by atoms with van der Waals surface area (Å²) in [7, 11) is -2.02. The van der Waals surface area contributed by atoms with Gasteiger partial charge in [-0.25, -0.2) is 18.1 Å². The van der Waals surface area contributed by atoms with Crippen LogP contribution in [0.3, 0.4) is 0 Å². The maximum atomic E-state index is 12.1. The summed E-state index contributed by atoms with van der Waals surface area (Å²) in [6.07, 6.45) is 4.26. The third-order valence-corrected chi connectivity index (χ3v) is 5.38. The Labute approximate surface area is 117 Å². The van der Waals surface area contributed by atoms with Gasteiger partial charge in [-0.05, 0) is 31.6 Å². The number of hydrogen-bond acceptors (Lipinski definition) is 4. The highest BCUT2D eigenvalue weighted by Gasteiger charge is 2.25. The second kappa shape index (κ2) is 5.78. The molecule has 6 nitrogen and oxygen atoms in total. The van der Waals surface area contributed by atoms with E-state index in [0.717, 1.165) is 25.7 Å². The van der Waals surface area contributed by atoms with Crippen LogP contribution in [0.2, 0.25) is 5.15 Å². The van der Waals surface area contributed by atoms with E-state index in [1.165, 1.54) is 10.9 Å². The van der Waals surface area contributed by atoms with E-state index in [4.69, 9.17) is 11.6 Å². The average Bonchev–Trinajstić information content (AvgIpc) is 2.70. The van der Waals surface area contributed by atoms with Gasteiger partial charge in [0.05, 0.1) is 12.4 Å². The fraction of sp³-hybridized carbons (Fsp3) is 0.727. The van der Waals surface area contributed by atoms with Crippen molar-refractivity contribution in [2.24, 2.45) is 13.0 Å². The maximum Gasteiger partial charge on any atom is 0.261 e. The second-order valence-electron chi connectivity index (χ2n) is 4.98. The molecule has 108 valence electrons. The first kappa shape index (κ1) is 14.8. The second-order valence-corrected chi connectivity index (χ2v) is 7.02. The smallest absolute Gasteiger partial charge is 0.261 e. The molecule has 0 radical (unpaired) electrons. The third-order valence-electron chi connectivity index (χ3n) is 3.47. The normalized spacial score (nSPS) is 24.6. The van der Waals surface area contributed by atoms with E-state index in [1.807, 2.05) is 0 Å². The molecule has 1 aliphatic carbocycles. The molecule has 1 fully saturated rings. The lowest BCUT2D eigenvalue weighted by atomic mass is 9.88. The highest BCUT2D eigenvalue weighted by Crippen LogP contribution is 2.24. The number of sulfonamides is 1. The first-order valence-corrected chi connectivity index (χ1v) is 8.11. The van der Waals surface area contributed by atoms with Gasteiger partial charge in [-0.1, -0.05) is 11.6 Å². The van der Waals surface area contributed by atoms with Gasteiger partial charge in [-0.2, -0.15) is 0 Å². The van der Waals surface area contributed by atoms with Crippen LogP contribution in [0.5, 0.6) is 0 Å². The monoisotopic (exact) mass is 307 g/mol. The van der Waals surface area contributed by atoms with Crippen LogP contribution >= 0.6 is 11.6 Å². The summed E-state index contributed by atoms with van der Waals surface area (Å²) in [4.78, 5) is 3.80. The Kier molecular flexibility index (Phi) is 4.50. The molecule has 1 aliphatic rings. The summed E-state index contributed by atoms with van der Waals surface area (Å²) in [6.45, 7) is 0.363. The molecule has 8 heteroatoms. The topological polar surface area (TPSA) is 84.2 Å². The zero-order chi connectivity index (χ0) is 14.0. The molecule has 2 N–H and O–H groups in total. The third kappa shape index (κ3) is 3.47. The van der Waals surface area contributed by atoms with E-state index in [9.17, 15) is 13.5 Å². The zero-order valence-electron chi connectivity index (χ0n) is 10.7. The van der Waals surface area contributed by atoms with Crippen molar-refractivity contribution in [2.45, 2.75) is 36.8 Å². The van der Waals surface area contributed by atoms with Gasteiger partial charge in [0.2, 0.25) is 5.03 Å². The summed E-state index contributed by atoms with van der Waals surface area (Å²) in [5.41, 5.74) is 0. The molecule has 0 spiro atoms. The average molecular weight is 308 g/mol. The Morgan fingerprint density at radius 3 is 2.63 bits per heavy atom. The van der Waals surface area contributed by atoms with Crippen LogP contribution in [0.15, 0.2) is 11.4 Å². The van der Waals surface area contributed by atoms with Gasteiger partial charge in [-0.15, -0.1) is 0 Å². The Morgan fingerprint density at radius 1 is 1.47 bits per heavy atom. The van der Waals surface area contributed by atoms with Crippen molar-refractivity contribution in [3.63, 3.8) is 0 Å². The van der Waals surface area contributed by atoms with Crippen LogP contribution in [0.1, 0.15) is 25.7 Å². The maximum absolute atomic E-state index is 12.1. The van der Waals surface area contributed by atoms with Gasteiger partial charge in [0.15, 0.2) is 0 Å². The highest BCUT2D eigenvalue weighted by atomic mass is 35.5. The minimum atomic E-state index is -3.66. The molecule has 0 atom stereocenters. The van der Waals surface area contributed by atoms with Crippen molar-refractivity contribution in [1.82, 2.24) is 14.3 Å². The van der Waals surface area contributed by atoms with E-state index >= 15 is 0 Å². The predicted molar refractivity (Wildman–Crippen MR) is 71.4 cm³/mol. The van der Waals surface area contributed by atoms with E-state index < -0.39 is 10.0 Å². The Balaban J connectivity index is 1.97.